The van der Waals surface area contributed by atoms with Crippen molar-refractivity contribution in [3.05, 3.63) is 24.3 Å². The van der Waals surface area contributed by atoms with E-state index in [9.17, 15) is 9.59 Å². The number of hydrogen-bond donors (Lipinski definition) is 0. The third kappa shape index (κ3) is 5.13. The van der Waals surface area contributed by atoms with Gasteiger partial charge in [0.25, 0.3) is 0 Å². The van der Waals surface area contributed by atoms with Gasteiger partial charge in [0.2, 0.25) is 0 Å². The molecule has 0 spiro atoms. The lowest BCUT2D eigenvalue weighted by atomic mass is 10.3. The van der Waals surface area contributed by atoms with Gasteiger partial charge in [-0.3, -0.25) is 0 Å². The van der Waals surface area contributed by atoms with Gasteiger partial charge < -0.3 is 9.47 Å². The highest BCUT2D eigenvalue weighted by molar-refractivity contribution is 5.93. The van der Waals surface area contributed by atoms with Crippen molar-refractivity contribution in [2.24, 2.45) is 0 Å². The summed E-state index contributed by atoms with van der Waals surface area (Å²) in [6, 6.07) is 0. The second kappa shape index (κ2) is 6.88. The van der Waals surface area contributed by atoms with Crippen LogP contribution in [0.1, 0.15) is 13.8 Å². The molecule has 0 atom stereocenters. The van der Waals surface area contributed by atoms with E-state index in [1.165, 1.54) is 6.08 Å². The highest BCUT2D eigenvalue weighted by Crippen LogP contribution is 1.97. The van der Waals surface area contributed by atoms with Crippen LogP contribution < -0.4 is 0 Å². The van der Waals surface area contributed by atoms with Crippen LogP contribution in [0.2, 0.25) is 0 Å². The van der Waals surface area contributed by atoms with Gasteiger partial charge in [-0.1, -0.05) is 6.58 Å². The highest BCUT2D eigenvalue weighted by atomic mass is 16.5. The molecule has 0 saturated heterocycles. The number of esters is 2. The molecular formula is C10H14O4. The molecule has 0 aliphatic rings. The lowest BCUT2D eigenvalue weighted by Crippen LogP contribution is -2.06. The van der Waals surface area contributed by atoms with E-state index in [0.29, 0.717) is 6.61 Å². The molecule has 0 aromatic rings. The highest BCUT2D eigenvalue weighted by Gasteiger charge is 2.04. The normalized spacial score (nSPS) is 9.86. The molecule has 78 valence electrons. The molecule has 0 saturated carbocycles. The summed E-state index contributed by atoms with van der Waals surface area (Å²) in [5.74, 6) is -1.04. The molecule has 4 heteroatoms. The smallest absolute Gasteiger partial charge is 0.337 e. The Bertz CT molecular complexity index is 253. The standard InChI is InChI=1S/C10H14O4/c1-4-13-9(11)7-6-8(3)10(12)14-5-2/h6-7H,3-5H2,1-2H3. The van der Waals surface area contributed by atoms with Crippen molar-refractivity contribution in [3.63, 3.8) is 0 Å². The fourth-order valence-corrected chi connectivity index (χ4v) is 0.651. The molecule has 0 rings (SSSR count). The fourth-order valence-electron chi connectivity index (χ4n) is 0.651. The van der Waals surface area contributed by atoms with E-state index in [0.717, 1.165) is 6.08 Å². The molecule has 14 heavy (non-hydrogen) atoms. The first kappa shape index (κ1) is 12.4. The maximum absolute atomic E-state index is 11.0. The van der Waals surface area contributed by atoms with Crippen LogP contribution in [0, 0.1) is 0 Å². The van der Waals surface area contributed by atoms with E-state index >= 15 is 0 Å². The minimum absolute atomic E-state index is 0.125. The topological polar surface area (TPSA) is 52.6 Å². The summed E-state index contributed by atoms with van der Waals surface area (Å²) >= 11 is 0. The Hall–Kier alpha value is -1.58. The number of carbonyl (C=O) groups is 2. The number of rotatable bonds is 5. The van der Waals surface area contributed by atoms with Gasteiger partial charge in [0.05, 0.1) is 18.8 Å². The third-order valence-corrected chi connectivity index (χ3v) is 1.24. The zero-order valence-electron chi connectivity index (χ0n) is 8.41. The average Bonchev–Trinajstić information content (AvgIpc) is 2.15. The molecule has 0 N–H and O–H groups in total. The number of carbonyl (C=O) groups excluding carboxylic acids is 2. The second-order valence-corrected chi connectivity index (χ2v) is 2.33. The Morgan fingerprint density at radius 1 is 1.14 bits per heavy atom. The van der Waals surface area contributed by atoms with Gasteiger partial charge in [0, 0.05) is 6.08 Å². The quantitative estimate of drug-likeness (QED) is 0.378. The molecular weight excluding hydrogens is 184 g/mol. The molecule has 4 nitrogen and oxygen atoms in total. The van der Waals surface area contributed by atoms with Crippen LogP contribution in [-0.4, -0.2) is 25.2 Å². The van der Waals surface area contributed by atoms with Crippen LogP contribution >= 0.6 is 0 Å². The van der Waals surface area contributed by atoms with Crippen molar-refractivity contribution in [2.75, 3.05) is 13.2 Å². The first-order valence-electron chi connectivity index (χ1n) is 4.32. The van der Waals surface area contributed by atoms with Crippen molar-refractivity contribution in [1.29, 1.82) is 0 Å². The monoisotopic (exact) mass is 198 g/mol. The summed E-state index contributed by atoms with van der Waals surface area (Å²) in [6.07, 6.45) is 2.42. The second-order valence-electron chi connectivity index (χ2n) is 2.33. The minimum Gasteiger partial charge on any atom is -0.463 e. The third-order valence-electron chi connectivity index (χ3n) is 1.24. The Balaban J connectivity index is 4.04. The Morgan fingerprint density at radius 2 is 1.71 bits per heavy atom. The zero-order valence-corrected chi connectivity index (χ0v) is 8.41. The molecule has 0 heterocycles. The van der Waals surface area contributed by atoms with Gasteiger partial charge in [-0.05, 0) is 19.9 Å². The predicted octanol–water partition coefficient (Wildman–Crippen LogP) is 1.22. The maximum Gasteiger partial charge on any atom is 0.337 e. The van der Waals surface area contributed by atoms with Crippen LogP contribution in [-0.2, 0) is 19.1 Å². The molecule has 0 bridgehead atoms. The van der Waals surface area contributed by atoms with E-state index in [1.807, 2.05) is 0 Å². The van der Waals surface area contributed by atoms with E-state index in [-0.39, 0.29) is 12.2 Å². The first-order valence-corrected chi connectivity index (χ1v) is 4.32. The van der Waals surface area contributed by atoms with E-state index < -0.39 is 11.9 Å². The van der Waals surface area contributed by atoms with Gasteiger partial charge in [0.1, 0.15) is 0 Å². The largest absolute Gasteiger partial charge is 0.463 e. The van der Waals surface area contributed by atoms with E-state index in [2.05, 4.69) is 16.1 Å². The fraction of sp³-hybridized carbons (Fsp3) is 0.400. The Labute approximate surface area is 83.2 Å². The summed E-state index contributed by atoms with van der Waals surface area (Å²) in [5, 5.41) is 0. The van der Waals surface area contributed by atoms with E-state index in [1.54, 1.807) is 13.8 Å². The summed E-state index contributed by atoms with van der Waals surface area (Å²) in [7, 11) is 0. The summed E-state index contributed by atoms with van der Waals surface area (Å²) in [6.45, 7) is 7.41. The summed E-state index contributed by atoms with van der Waals surface area (Å²) in [5.41, 5.74) is 0.125. The van der Waals surface area contributed by atoms with Crippen LogP contribution in [0.4, 0.5) is 0 Å². The Morgan fingerprint density at radius 3 is 2.21 bits per heavy atom. The van der Waals surface area contributed by atoms with Crippen molar-refractivity contribution < 1.29 is 19.1 Å². The van der Waals surface area contributed by atoms with Crippen molar-refractivity contribution in [1.82, 2.24) is 0 Å². The molecule has 0 aliphatic heterocycles. The molecule has 0 aromatic carbocycles. The molecule has 0 aromatic heterocycles. The van der Waals surface area contributed by atoms with E-state index in [4.69, 9.17) is 0 Å². The summed E-state index contributed by atoms with van der Waals surface area (Å²) in [4.78, 5) is 21.8. The van der Waals surface area contributed by atoms with Gasteiger partial charge in [0.15, 0.2) is 0 Å². The molecule has 0 fully saturated rings. The average molecular weight is 198 g/mol. The molecule has 0 amide bonds. The van der Waals surface area contributed by atoms with Gasteiger partial charge in [-0.2, -0.15) is 0 Å². The van der Waals surface area contributed by atoms with Crippen molar-refractivity contribution >= 4 is 11.9 Å². The minimum atomic E-state index is -0.534. The van der Waals surface area contributed by atoms with Gasteiger partial charge in [-0.15, -0.1) is 0 Å². The van der Waals surface area contributed by atoms with Crippen LogP contribution in [0.15, 0.2) is 24.3 Å². The van der Waals surface area contributed by atoms with Crippen molar-refractivity contribution in [2.45, 2.75) is 13.8 Å². The molecule has 0 aliphatic carbocycles. The zero-order chi connectivity index (χ0) is 11.0. The SMILES string of the molecule is C=C(C=CC(=O)OCC)C(=O)OCC. The predicted molar refractivity (Wildman–Crippen MR) is 51.5 cm³/mol. The molecule has 0 unspecified atom stereocenters. The summed E-state index contributed by atoms with van der Waals surface area (Å²) < 4.78 is 9.27. The molecule has 0 radical (unpaired) electrons. The Kier molecular flexibility index (Phi) is 6.11. The lowest BCUT2D eigenvalue weighted by Gasteiger charge is -1.99. The van der Waals surface area contributed by atoms with Crippen LogP contribution in [0.25, 0.3) is 0 Å². The number of ether oxygens (including phenoxy) is 2. The van der Waals surface area contributed by atoms with Crippen molar-refractivity contribution in [3.8, 4) is 0 Å². The van der Waals surface area contributed by atoms with Gasteiger partial charge in [-0.25, -0.2) is 9.59 Å². The van der Waals surface area contributed by atoms with Crippen LogP contribution in [0.5, 0.6) is 0 Å². The number of hydrogen-bond acceptors (Lipinski definition) is 4. The van der Waals surface area contributed by atoms with Gasteiger partial charge >= 0.3 is 11.9 Å². The van der Waals surface area contributed by atoms with Crippen LogP contribution in [0.3, 0.4) is 0 Å². The first-order chi connectivity index (χ1) is 6.61. The maximum atomic E-state index is 11.0. The lowest BCUT2D eigenvalue weighted by molar-refractivity contribution is -0.138.